The summed E-state index contributed by atoms with van der Waals surface area (Å²) in [5.74, 6) is 1.51. The third-order valence-electron chi connectivity index (χ3n) is 2.91. The molecule has 5 heteroatoms. The summed E-state index contributed by atoms with van der Waals surface area (Å²) in [6.45, 7) is 3.00. The predicted molar refractivity (Wildman–Crippen MR) is 84.0 cm³/mol. The van der Waals surface area contributed by atoms with Gasteiger partial charge >= 0.3 is 0 Å². The van der Waals surface area contributed by atoms with Crippen LogP contribution in [0.3, 0.4) is 0 Å². The molecule has 1 N–H and O–H groups in total. The molecule has 1 amide bonds. The van der Waals surface area contributed by atoms with E-state index in [4.69, 9.17) is 9.47 Å². The maximum Gasteiger partial charge on any atom is 0.223 e. The van der Waals surface area contributed by atoms with Crippen LogP contribution in [-0.4, -0.2) is 19.6 Å². The highest BCUT2D eigenvalue weighted by Gasteiger charge is 2.03. The quantitative estimate of drug-likeness (QED) is 0.855. The van der Waals surface area contributed by atoms with Crippen LogP contribution in [0.2, 0.25) is 0 Å². The molecule has 0 aliphatic rings. The van der Waals surface area contributed by atoms with Crippen LogP contribution in [-0.2, 0) is 11.3 Å². The second kappa shape index (κ2) is 7.69. The summed E-state index contributed by atoms with van der Waals surface area (Å²) < 4.78 is 10.6. The Kier molecular flexibility index (Phi) is 5.63. The minimum atomic E-state index is -0.00503. The van der Waals surface area contributed by atoms with Crippen LogP contribution in [0.1, 0.15) is 16.2 Å². The van der Waals surface area contributed by atoms with Gasteiger partial charge in [0.05, 0.1) is 26.7 Å². The van der Waals surface area contributed by atoms with Gasteiger partial charge in [-0.3, -0.25) is 4.79 Å². The average molecular weight is 305 g/mol. The van der Waals surface area contributed by atoms with E-state index in [1.54, 1.807) is 18.4 Å². The van der Waals surface area contributed by atoms with Gasteiger partial charge in [0.15, 0.2) is 0 Å². The van der Waals surface area contributed by atoms with Gasteiger partial charge < -0.3 is 14.8 Å². The number of hydrogen-bond acceptors (Lipinski definition) is 4. The first-order valence-electron chi connectivity index (χ1n) is 6.76. The van der Waals surface area contributed by atoms with Crippen LogP contribution in [0.4, 0.5) is 0 Å². The topological polar surface area (TPSA) is 47.6 Å². The summed E-state index contributed by atoms with van der Waals surface area (Å²) in [5, 5.41) is 2.89. The highest BCUT2D eigenvalue weighted by atomic mass is 32.1. The van der Waals surface area contributed by atoms with Gasteiger partial charge in [-0.25, -0.2) is 0 Å². The molecule has 1 aromatic heterocycles. The number of nitrogens with one attached hydrogen (secondary N) is 1. The van der Waals surface area contributed by atoms with Crippen LogP contribution in [0.5, 0.6) is 11.5 Å². The lowest BCUT2D eigenvalue weighted by molar-refractivity contribution is -0.121. The van der Waals surface area contributed by atoms with Crippen LogP contribution < -0.4 is 14.8 Å². The van der Waals surface area contributed by atoms with E-state index in [0.29, 0.717) is 19.6 Å². The molecule has 0 saturated carbocycles. The van der Waals surface area contributed by atoms with E-state index in [-0.39, 0.29) is 5.91 Å². The van der Waals surface area contributed by atoms with Gasteiger partial charge in [-0.15, -0.1) is 11.3 Å². The molecule has 112 valence electrons. The Hall–Kier alpha value is -2.01. The first kappa shape index (κ1) is 15.4. The molecular weight excluding hydrogens is 286 g/mol. The molecule has 1 heterocycles. The third-order valence-corrected chi connectivity index (χ3v) is 3.91. The number of ether oxygens (including phenoxy) is 2. The number of benzene rings is 1. The molecule has 0 bridgehead atoms. The predicted octanol–water partition coefficient (Wildman–Crippen LogP) is 3.15. The van der Waals surface area contributed by atoms with Crippen LogP contribution in [0.25, 0.3) is 0 Å². The summed E-state index contributed by atoms with van der Waals surface area (Å²) in [6, 6.07) is 11.4. The molecule has 0 saturated heterocycles. The fourth-order valence-corrected chi connectivity index (χ4v) is 2.62. The van der Waals surface area contributed by atoms with Gasteiger partial charge in [-0.2, -0.15) is 0 Å². The molecule has 0 fully saturated rings. The van der Waals surface area contributed by atoms with Crippen molar-refractivity contribution in [3.8, 4) is 11.5 Å². The van der Waals surface area contributed by atoms with Crippen LogP contribution in [0, 0.1) is 6.92 Å². The Bertz CT molecular complexity index is 577. The second-order valence-corrected chi connectivity index (χ2v) is 5.94. The fraction of sp³-hybridized carbons (Fsp3) is 0.312. The van der Waals surface area contributed by atoms with Crippen molar-refractivity contribution in [1.29, 1.82) is 0 Å². The number of amides is 1. The number of methoxy groups -OCH3 is 1. The van der Waals surface area contributed by atoms with E-state index < -0.39 is 0 Å². The van der Waals surface area contributed by atoms with Crippen molar-refractivity contribution < 1.29 is 14.3 Å². The Labute approximate surface area is 128 Å². The second-order valence-electron chi connectivity index (χ2n) is 4.56. The van der Waals surface area contributed by atoms with Crippen molar-refractivity contribution in [2.24, 2.45) is 0 Å². The van der Waals surface area contributed by atoms with Gasteiger partial charge in [0, 0.05) is 9.75 Å². The highest BCUT2D eigenvalue weighted by Crippen LogP contribution is 2.17. The fourth-order valence-electron chi connectivity index (χ4n) is 1.79. The van der Waals surface area contributed by atoms with Gasteiger partial charge in [0.1, 0.15) is 11.5 Å². The number of rotatable bonds is 7. The molecule has 21 heavy (non-hydrogen) atoms. The minimum Gasteiger partial charge on any atom is -0.497 e. The molecular formula is C16H19NO3S. The van der Waals surface area contributed by atoms with E-state index in [1.165, 1.54) is 4.88 Å². The number of aryl methyl sites for hydroxylation is 1. The van der Waals surface area contributed by atoms with Gasteiger partial charge in [0.25, 0.3) is 0 Å². The molecule has 0 unspecified atom stereocenters. The molecule has 0 aliphatic heterocycles. The number of carbonyl (C=O) groups excluding carboxylic acids is 1. The van der Waals surface area contributed by atoms with Crippen molar-refractivity contribution >= 4 is 17.2 Å². The zero-order chi connectivity index (χ0) is 15.1. The largest absolute Gasteiger partial charge is 0.497 e. The first-order valence-corrected chi connectivity index (χ1v) is 7.58. The van der Waals surface area contributed by atoms with E-state index in [1.807, 2.05) is 30.3 Å². The number of hydrogen-bond donors (Lipinski definition) is 1. The Balaban J connectivity index is 1.66. The zero-order valence-corrected chi connectivity index (χ0v) is 13.0. The third kappa shape index (κ3) is 5.11. The van der Waals surface area contributed by atoms with Gasteiger partial charge in [0.2, 0.25) is 5.91 Å². The lowest BCUT2D eigenvalue weighted by Gasteiger charge is -2.07. The summed E-state index contributed by atoms with van der Waals surface area (Å²) in [7, 11) is 1.62. The minimum absolute atomic E-state index is 0.00503. The molecule has 0 aliphatic carbocycles. The molecule has 2 rings (SSSR count). The van der Waals surface area contributed by atoms with Crippen molar-refractivity contribution in [2.45, 2.75) is 19.9 Å². The Morgan fingerprint density at radius 1 is 1.14 bits per heavy atom. The van der Waals surface area contributed by atoms with E-state index in [0.717, 1.165) is 16.4 Å². The molecule has 0 atom stereocenters. The van der Waals surface area contributed by atoms with Gasteiger partial charge in [-0.05, 0) is 43.3 Å². The SMILES string of the molecule is COc1ccc(OCCC(=O)NCc2ccc(C)s2)cc1. The normalized spacial score (nSPS) is 10.2. The maximum absolute atomic E-state index is 11.7. The Morgan fingerprint density at radius 3 is 2.48 bits per heavy atom. The van der Waals surface area contributed by atoms with Gasteiger partial charge in [-0.1, -0.05) is 0 Å². The van der Waals surface area contributed by atoms with E-state index in [2.05, 4.69) is 18.3 Å². The van der Waals surface area contributed by atoms with Crippen molar-refractivity contribution in [3.05, 3.63) is 46.2 Å². The van der Waals surface area contributed by atoms with Crippen molar-refractivity contribution in [1.82, 2.24) is 5.32 Å². The maximum atomic E-state index is 11.7. The smallest absolute Gasteiger partial charge is 0.223 e. The zero-order valence-electron chi connectivity index (χ0n) is 12.2. The monoisotopic (exact) mass is 305 g/mol. The van der Waals surface area contributed by atoms with Crippen LogP contribution in [0.15, 0.2) is 36.4 Å². The number of carbonyl (C=O) groups is 1. The van der Waals surface area contributed by atoms with E-state index in [9.17, 15) is 4.79 Å². The average Bonchev–Trinajstić information content (AvgIpc) is 2.91. The molecule has 4 nitrogen and oxygen atoms in total. The summed E-state index contributed by atoms with van der Waals surface area (Å²) in [6.07, 6.45) is 0.344. The first-order chi connectivity index (χ1) is 10.2. The highest BCUT2D eigenvalue weighted by molar-refractivity contribution is 7.11. The molecule has 0 radical (unpaired) electrons. The number of thiophene rings is 1. The van der Waals surface area contributed by atoms with E-state index >= 15 is 0 Å². The Morgan fingerprint density at radius 2 is 1.86 bits per heavy atom. The molecule has 2 aromatic rings. The van der Waals surface area contributed by atoms with Crippen molar-refractivity contribution in [3.63, 3.8) is 0 Å². The molecule has 0 spiro atoms. The van der Waals surface area contributed by atoms with Crippen molar-refractivity contribution in [2.75, 3.05) is 13.7 Å². The standard InChI is InChI=1S/C16H19NO3S/c1-12-3-8-15(21-12)11-17-16(18)9-10-20-14-6-4-13(19-2)5-7-14/h3-8H,9-11H2,1-2H3,(H,17,18). The summed E-state index contributed by atoms with van der Waals surface area (Å²) in [5.41, 5.74) is 0. The lowest BCUT2D eigenvalue weighted by atomic mass is 10.3. The molecule has 1 aromatic carbocycles. The lowest BCUT2D eigenvalue weighted by Crippen LogP contribution is -2.23. The summed E-state index contributed by atoms with van der Waals surface area (Å²) >= 11 is 1.70. The van der Waals surface area contributed by atoms with Crippen LogP contribution >= 0.6 is 11.3 Å². The summed E-state index contributed by atoms with van der Waals surface area (Å²) in [4.78, 5) is 14.1.